The predicted molar refractivity (Wildman–Crippen MR) is 49.0 cm³/mol. The number of aliphatic carboxylic acids is 1. The molecule has 0 radical (unpaired) electrons. The third kappa shape index (κ3) is 12.4. The van der Waals surface area contributed by atoms with Crippen molar-refractivity contribution in [3.05, 3.63) is 0 Å². The number of hydrogen-bond donors (Lipinski definition) is 1. The third-order valence-electron chi connectivity index (χ3n) is 2.07. The van der Waals surface area contributed by atoms with Crippen LogP contribution in [-0.4, -0.2) is 17.2 Å². The van der Waals surface area contributed by atoms with E-state index in [1.165, 1.54) is 12.8 Å². The molecule has 0 aromatic rings. The van der Waals surface area contributed by atoms with Crippen LogP contribution in [0.1, 0.15) is 51.9 Å². The zero-order valence-electron chi connectivity index (χ0n) is 9.29. The molecule has 0 aliphatic carbocycles. The average molecular weight is 210 g/mol. The molecule has 0 aliphatic heterocycles. The summed E-state index contributed by atoms with van der Waals surface area (Å²) in [5, 5.41) is 19.4. The Hall–Kier alpha value is 0.430. The van der Waals surface area contributed by atoms with E-state index in [1.807, 2.05) is 0 Å². The van der Waals surface area contributed by atoms with Crippen molar-refractivity contribution in [1.29, 1.82) is 0 Å². The van der Waals surface area contributed by atoms with Crippen LogP contribution in [0.4, 0.5) is 0 Å². The van der Waals surface area contributed by atoms with Crippen LogP contribution >= 0.6 is 0 Å². The van der Waals surface area contributed by atoms with Crippen LogP contribution in [0.3, 0.4) is 0 Å². The summed E-state index contributed by atoms with van der Waals surface area (Å²) >= 11 is 0. The summed E-state index contributed by atoms with van der Waals surface area (Å²) in [6.45, 7) is 2.13. The first kappa shape index (κ1) is 16.8. The summed E-state index contributed by atoms with van der Waals surface area (Å²) in [7, 11) is 0. The molecule has 0 aromatic carbocycles. The van der Waals surface area contributed by atoms with E-state index >= 15 is 0 Å². The second-order valence-electron chi connectivity index (χ2n) is 3.41. The number of hydrogen-bond acceptors (Lipinski definition) is 3. The van der Waals surface area contributed by atoms with Gasteiger partial charge in [-0.15, -0.1) is 0 Å². The number of carbonyl (C=O) groups excluding carboxylic acids is 1. The molecule has 0 aliphatic rings. The minimum absolute atomic E-state index is 0. The molecule has 1 N–H and O–H groups in total. The Labute approximate surface area is 108 Å². The summed E-state index contributed by atoms with van der Waals surface area (Å²) in [5.74, 6) is -1.08. The van der Waals surface area contributed by atoms with Crippen molar-refractivity contribution in [2.75, 3.05) is 0 Å². The monoisotopic (exact) mass is 210 g/mol. The van der Waals surface area contributed by atoms with Crippen molar-refractivity contribution in [2.45, 2.75) is 58.0 Å². The number of carbonyl (C=O) groups is 1. The topological polar surface area (TPSA) is 60.4 Å². The molecule has 3 nitrogen and oxygen atoms in total. The molecule has 0 rings (SSSR count). The molecule has 78 valence electrons. The van der Waals surface area contributed by atoms with Gasteiger partial charge in [0.25, 0.3) is 0 Å². The Bertz CT molecular complexity index is 139. The maximum absolute atomic E-state index is 10.1. The average Bonchev–Trinajstić information content (AvgIpc) is 2.09. The Morgan fingerprint density at radius 3 is 2.43 bits per heavy atom. The standard InChI is InChI=1S/C10H20O3.Na/c1-2-3-4-5-6-9(11)7-8-10(12)13;/h9,11H,2-8H2,1H3,(H,12,13);/q;+1/p-1. The number of carboxylic acid groups (broad SMARTS) is 1. The van der Waals surface area contributed by atoms with Gasteiger partial charge in [-0.05, 0) is 19.3 Å². The van der Waals surface area contributed by atoms with Crippen molar-refractivity contribution in [1.82, 2.24) is 0 Å². The van der Waals surface area contributed by atoms with E-state index in [-0.39, 0.29) is 36.0 Å². The number of aliphatic hydroxyl groups excluding tert-OH is 1. The summed E-state index contributed by atoms with van der Waals surface area (Å²) < 4.78 is 0. The summed E-state index contributed by atoms with van der Waals surface area (Å²) in [5.41, 5.74) is 0. The fraction of sp³-hybridized carbons (Fsp3) is 0.900. The maximum atomic E-state index is 10.1. The molecule has 0 spiro atoms. The second kappa shape index (κ2) is 11.5. The second-order valence-corrected chi connectivity index (χ2v) is 3.41. The van der Waals surface area contributed by atoms with Gasteiger partial charge in [-0.3, -0.25) is 0 Å². The normalized spacial score (nSPS) is 11.9. The molecule has 0 amide bonds. The van der Waals surface area contributed by atoms with Crippen LogP contribution in [0.2, 0.25) is 0 Å². The van der Waals surface area contributed by atoms with Crippen LogP contribution < -0.4 is 34.7 Å². The fourth-order valence-electron chi connectivity index (χ4n) is 1.24. The molecule has 0 saturated carbocycles. The Balaban J connectivity index is 0. The zero-order chi connectivity index (χ0) is 10.1. The van der Waals surface area contributed by atoms with E-state index in [4.69, 9.17) is 0 Å². The quantitative estimate of drug-likeness (QED) is 0.367. The summed E-state index contributed by atoms with van der Waals surface area (Å²) in [4.78, 5) is 10.1. The van der Waals surface area contributed by atoms with Gasteiger partial charge in [0.2, 0.25) is 0 Å². The minimum atomic E-state index is -1.08. The Morgan fingerprint density at radius 1 is 1.29 bits per heavy atom. The molecule has 1 unspecified atom stereocenters. The van der Waals surface area contributed by atoms with Crippen molar-refractivity contribution in [2.24, 2.45) is 0 Å². The first-order chi connectivity index (χ1) is 6.16. The first-order valence-electron chi connectivity index (χ1n) is 5.04. The maximum Gasteiger partial charge on any atom is 1.00 e. The van der Waals surface area contributed by atoms with Gasteiger partial charge >= 0.3 is 29.6 Å². The molecule has 0 heterocycles. The van der Waals surface area contributed by atoms with E-state index < -0.39 is 12.1 Å². The van der Waals surface area contributed by atoms with Crippen LogP contribution in [0.25, 0.3) is 0 Å². The number of carboxylic acids is 1. The molecule has 4 heteroatoms. The number of aliphatic hydroxyl groups is 1. The summed E-state index contributed by atoms with van der Waals surface area (Å²) in [6, 6.07) is 0. The van der Waals surface area contributed by atoms with Gasteiger partial charge in [-0.25, -0.2) is 0 Å². The Morgan fingerprint density at radius 2 is 1.93 bits per heavy atom. The fourth-order valence-corrected chi connectivity index (χ4v) is 1.24. The molecular weight excluding hydrogens is 191 g/mol. The molecular formula is C10H19NaO3. The molecule has 0 bridgehead atoms. The van der Waals surface area contributed by atoms with Gasteiger partial charge in [0, 0.05) is 5.97 Å². The first-order valence-corrected chi connectivity index (χ1v) is 5.04. The van der Waals surface area contributed by atoms with Gasteiger partial charge < -0.3 is 15.0 Å². The van der Waals surface area contributed by atoms with Crippen molar-refractivity contribution >= 4 is 5.97 Å². The van der Waals surface area contributed by atoms with Gasteiger partial charge in [-0.2, -0.15) is 0 Å². The van der Waals surface area contributed by atoms with Crippen molar-refractivity contribution in [3.8, 4) is 0 Å². The van der Waals surface area contributed by atoms with E-state index in [9.17, 15) is 15.0 Å². The minimum Gasteiger partial charge on any atom is -0.550 e. The van der Waals surface area contributed by atoms with Crippen molar-refractivity contribution < 1.29 is 44.6 Å². The van der Waals surface area contributed by atoms with Crippen LogP contribution in [0.15, 0.2) is 0 Å². The van der Waals surface area contributed by atoms with Crippen molar-refractivity contribution in [3.63, 3.8) is 0 Å². The van der Waals surface area contributed by atoms with E-state index in [0.717, 1.165) is 12.8 Å². The van der Waals surface area contributed by atoms with Gasteiger partial charge in [0.15, 0.2) is 0 Å². The summed E-state index contributed by atoms with van der Waals surface area (Å²) in [6.07, 6.45) is 5.02. The SMILES string of the molecule is CCCCCCC(O)CCC(=O)[O-].[Na+]. The largest absolute Gasteiger partial charge is 1.00 e. The third-order valence-corrected chi connectivity index (χ3v) is 2.07. The van der Waals surface area contributed by atoms with Crippen LogP contribution in [-0.2, 0) is 4.79 Å². The molecule has 1 atom stereocenters. The molecule has 14 heavy (non-hydrogen) atoms. The predicted octanol–water partition coefficient (Wildman–Crippen LogP) is -2.15. The van der Waals surface area contributed by atoms with E-state index in [2.05, 4.69) is 6.92 Å². The Kier molecular flexibility index (Phi) is 13.8. The number of unbranched alkanes of at least 4 members (excludes halogenated alkanes) is 3. The van der Waals surface area contributed by atoms with E-state index in [0.29, 0.717) is 12.8 Å². The van der Waals surface area contributed by atoms with Gasteiger partial charge in [0.05, 0.1) is 6.10 Å². The molecule has 0 saturated heterocycles. The molecule has 0 aromatic heterocycles. The smallest absolute Gasteiger partial charge is 0.550 e. The molecule has 0 fully saturated rings. The van der Waals surface area contributed by atoms with Crippen LogP contribution in [0, 0.1) is 0 Å². The van der Waals surface area contributed by atoms with Crippen LogP contribution in [0.5, 0.6) is 0 Å². The van der Waals surface area contributed by atoms with Gasteiger partial charge in [0.1, 0.15) is 0 Å². The van der Waals surface area contributed by atoms with E-state index in [1.54, 1.807) is 0 Å². The number of rotatable bonds is 8. The van der Waals surface area contributed by atoms with Gasteiger partial charge in [-0.1, -0.05) is 32.6 Å². The zero-order valence-corrected chi connectivity index (χ0v) is 11.3.